The van der Waals surface area contributed by atoms with Crippen molar-refractivity contribution >= 4 is 40.6 Å². The van der Waals surface area contributed by atoms with E-state index in [2.05, 4.69) is 14.7 Å². The van der Waals surface area contributed by atoms with Crippen molar-refractivity contribution in [1.29, 1.82) is 5.26 Å². The van der Waals surface area contributed by atoms with Gasteiger partial charge in [-0.3, -0.25) is 4.79 Å². The van der Waals surface area contributed by atoms with Crippen molar-refractivity contribution in [3.05, 3.63) is 46.7 Å². The maximum absolute atomic E-state index is 14.5. The largest absolute Gasteiger partial charge is 0.476 e. The lowest BCUT2D eigenvalue weighted by Crippen LogP contribution is -2.08. The van der Waals surface area contributed by atoms with Crippen LogP contribution in [0.3, 0.4) is 0 Å². The fraction of sp³-hybridized carbons (Fsp3) is 0.0588. The van der Waals surface area contributed by atoms with E-state index in [-0.39, 0.29) is 24.2 Å². The molecule has 11 heteroatoms. The molecule has 3 rings (SSSR count). The van der Waals surface area contributed by atoms with Gasteiger partial charge in [0.15, 0.2) is 23.9 Å². The average molecular weight is 409 g/mol. The number of nitrogens with two attached hydrogens (primary N) is 1. The molecule has 0 unspecified atom stereocenters. The Bertz CT molecular complexity index is 1090. The summed E-state index contributed by atoms with van der Waals surface area (Å²) in [7, 11) is 0. The number of pyridine rings is 1. The van der Waals surface area contributed by atoms with Crippen LogP contribution >= 0.6 is 11.6 Å². The van der Waals surface area contributed by atoms with Crippen LogP contribution in [-0.4, -0.2) is 34.1 Å². The number of carboxylic acid groups (broad SMARTS) is 1. The van der Waals surface area contributed by atoms with E-state index in [0.29, 0.717) is 5.39 Å². The zero-order valence-electron chi connectivity index (χ0n) is 13.9. The SMILES string of the molecule is N#CCOC=O.Nc1c(F)c(-c2ccc3cc[nH]c3c2F)nc(C(=O)O)c1Cl. The first-order chi connectivity index (χ1) is 13.3. The zero-order valence-corrected chi connectivity index (χ0v) is 14.6. The van der Waals surface area contributed by atoms with Gasteiger partial charge in [0.1, 0.15) is 11.8 Å². The average Bonchev–Trinajstić information content (AvgIpc) is 3.15. The number of rotatable bonds is 4. The molecule has 0 saturated carbocycles. The number of aromatic nitrogens is 2. The van der Waals surface area contributed by atoms with E-state index >= 15 is 0 Å². The lowest BCUT2D eigenvalue weighted by atomic mass is 10.1. The van der Waals surface area contributed by atoms with Crippen molar-refractivity contribution in [3.63, 3.8) is 0 Å². The summed E-state index contributed by atoms with van der Waals surface area (Å²) >= 11 is 5.66. The van der Waals surface area contributed by atoms with Gasteiger partial charge in [-0.05, 0) is 12.1 Å². The van der Waals surface area contributed by atoms with Crippen molar-refractivity contribution in [2.24, 2.45) is 0 Å². The summed E-state index contributed by atoms with van der Waals surface area (Å²) in [5.74, 6) is -3.31. The van der Waals surface area contributed by atoms with Crippen LogP contribution in [0.1, 0.15) is 10.5 Å². The Morgan fingerprint density at radius 3 is 2.68 bits per heavy atom. The quantitative estimate of drug-likeness (QED) is 0.444. The minimum atomic E-state index is -1.49. The van der Waals surface area contributed by atoms with Gasteiger partial charge >= 0.3 is 5.97 Å². The molecule has 0 aliphatic carbocycles. The molecular formula is C17H11ClF2N4O4. The third-order valence-electron chi connectivity index (χ3n) is 3.45. The summed E-state index contributed by atoms with van der Waals surface area (Å²) in [6.45, 7) is 0.0900. The maximum atomic E-state index is 14.5. The number of H-pyrrole nitrogens is 1. The number of benzene rings is 1. The molecule has 2 aromatic heterocycles. The highest BCUT2D eigenvalue weighted by atomic mass is 35.5. The van der Waals surface area contributed by atoms with Gasteiger partial charge in [-0.25, -0.2) is 18.6 Å². The molecule has 0 aliphatic rings. The summed E-state index contributed by atoms with van der Waals surface area (Å²) in [6, 6.07) is 6.11. The van der Waals surface area contributed by atoms with Gasteiger partial charge in [-0.15, -0.1) is 0 Å². The summed E-state index contributed by atoms with van der Waals surface area (Å²) in [5.41, 5.74) is 3.68. The van der Waals surface area contributed by atoms with E-state index in [1.165, 1.54) is 12.3 Å². The standard InChI is InChI=1S/C14H8ClF2N3O2.C3H3NO2/c15-7-10(18)9(17)12(20-13(7)14(21)22)6-2-1-5-3-4-19-11(5)8(6)16;4-1-2-6-3-5/h1-4,19H,(H2,18,20)(H,21,22);3H,2H2. The number of fused-ring (bicyclic) bond motifs is 1. The molecular weight excluding hydrogens is 398 g/mol. The molecule has 0 spiro atoms. The Balaban J connectivity index is 0.000000409. The number of halogens is 3. The Morgan fingerprint density at radius 1 is 1.39 bits per heavy atom. The molecule has 0 fully saturated rings. The van der Waals surface area contributed by atoms with Gasteiger partial charge < -0.3 is 20.6 Å². The summed E-state index contributed by atoms with van der Waals surface area (Å²) < 4.78 is 32.7. The molecule has 2 heterocycles. The van der Waals surface area contributed by atoms with Gasteiger partial charge in [0, 0.05) is 17.1 Å². The van der Waals surface area contributed by atoms with Crippen molar-refractivity contribution in [1.82, 2.24) is 9.97 Å². The van der Waals surface area contributed by atoms with Crippen molar-refractivity contribution in [2.75, 3.05) is 12.3 Å². The van der Waals surface area contributed by atoms with E-state index in [4.69, 9.17) is 27.7 Å². The summed E-state index contributed by atoms with van der Waals surface area (Å²) in [5, 5.41) is 16.8. The second-order valence-electron chi connectivity index (χ2n) is 5.09. The number of ether oxygens (including phenoxy) is 1. The third-order valence-corrected chi connectivity index (χ3v) is 3.83. The maximum Gasteiger partial charge on any atom is 0.356 e. The molecule has 0 saturated heterocycles. The van der Waals surface area contributed by atoms with Crippen LogP contribution in [0.4, 0.5) is 14.5 Å². The molecule has 0 bridgehead atoms. The van der Waals surface area contributed by atoms with Crippen LogP contribution in [0.2, 0.25) is 5.02 Å². The number of carboxylic acids is 1. The van der Waals surface area contributed by atoms with Gasteiger partial charge in [-0.1, -0.05) is 17.7 Å². The van der Waals surface area contributed by atoms with E-state index in [1.807, 2.05) is 0 Å². The predicted octanol–water partition coefficient (Wildman–Crippen LogP) is 3.12. The number of aromatic amines is 1. The molecule has 0 aliphatic heterocycles. The zero-order chi connectivity index (χ0) is 20.8. The third kappa shape index (κ3) is 3.99. The molecule has 0 atom stereocenters. The number of hydrogen-bond acceptors (Lipinski definition) is 6. The van der Waals surface area contributed by atoms with Crippen LogP contribution in [0.15, 0.2) is 24.4 Å². The van der Waals surface area contributed by atoms with Crippen molar-refractivity contribution in [3.8, 4) is 17.3 Å². The van der Waals surface area contributed by atoms with E-state index < -0.39 is 39.7 Å². The topological polar surface area (TPSA) is 142 Å². The monoisotopic (exact) mass is 408 g/mol. The molecule has 3 aromatic rings. The van der Waals surface area contributed by atoms with Crippen molar-refractivity contribution < 1.29 is 28.2 Å². The van der Waals surface area contributed by atoms with Crippen LogP contribution in [0.5, 0.6) is 0 Å². The molecule has 0 radical (unpaired) electrons. The van der Waals surface area contributed by atoms with Crippen LogP contribution in [0.25, 0.3) is 22.2 Å². The van der Waals surface area contributed by atoms with Crippen LogP contribution in [-0.2, 0) is 9.53 Å². The highest BCUT2D eigenvalue weighted by Crippen LogP contribution is 2.34. The first kappa shape index (κ1) is 20.6. The van der Waals surface area contributed by atoms with E-state index in [9.17, 15) is 18.4 Å². The number of anilines is 1. The Labute approximate surface area is 161 Å². The number of nitrogens with one attached hydrogen (secondary N) is 1. The van der Waals surface area contributed by atoms with Gasteiger partial charge in [0.05, 0.1) is 16.2 Å². The fourth-order valence-electron chi connectivity index (χ4n) is 2.23. The lowest BCUT2D eigenvalue weighted by molar-refractivity contribution is -0.127. The smallest absolute Gasteiger partial charge is 0.356 e. The highest BCUT2D eigenvalue weighted by molar-refractivity contribution is 6.35. The summed E-state index contributed by atoms with van der Waals surface area (Å²) in [6.07, 6.45) is 1.53. The second-order valence-corrected chi connectivity index (χ2v) is 5.47. The fourth-order valence-corrected chi connectivity index (χ4v) is 2.43. The Morgan fingerprint density at radius 2 is 2.11 bits per heavy atom. The number of nitriles is 1. The molecule has 8 nitrogen and oxygen atoms in total. The Kier molecular flexibility index (Phi) is 6.46. The minimum Gasteiger partial charge on any atom is -0.476 e. The number of nitrogen functional groups attached to an aromatic ring is 1. The van der Waals surface area contributed by atoms with E-state index in [0.717, 1.165) is 0 Å². The summed E-state index contributed by atoms with van der Waals surface area (Å²) in [4.78, 5) is 26.6. The molecule has 0 amide bonds. The second kappa shape index (κ2) is 8.79. The van der Waals surface area contributed by atoms with E-state index in [1.54, 1.807) is 18.2 Å². The molecule has 4 N–H and O–H groups in total. The van der Waals surface area contributed by atoms with Gasteiger partial charge in [-0.2, -0.15) is 5.26 Å². The molecule has 28 heavy (non-hydrogen) atoms. The first-order valence-electron chi connectivity index (χ1n) is 7.39. The lowest BCUT2D eigenvalue weighted by Gasteiger charge is -2.10. The van der Waals surface area contributed by atoms with Crippen LogP contribution in [0, 0.1) is 23.0 Å². The Hall–Kier alpha value is -3.71. The predicted molar refractivity (Wildman–Crippen MR) is 95.5 cm³/mol. The van der Waals surface area contributed by atoms with Gasteiger partial charge in [0.2, 0.25) is 0 Å². The highest BCUT2D eigenvalue weighted by Gasteiger charge is 2.24. The number of carbonyl (C=O) groups is 2. The normalized spacial score (nSPS) is 9.93. The van der Waals surface area contributed by atoms with Crippen molar-refractivity contribution in [2.45, 2.75) is 0 Å². The number of hydrogen-bond donors (Lipinski definition) is 3. The molecule has 1 aromatic carbocycles. The number of nitrogens with zero attached hydrogens (tertiary/aromatic N) is 2. The van der Waals surface area contributed by atoms with Crippen LogP contribution < -0.4 is 5.73 Å². The molecule has 144 valence electrons. The first-order valence-corrected chi connectivity index (χ1v) is 7.77. The van der Waals surface area contributed by atoms with Gasteiger partial charge in [0.25, 0.3) is 6.47 Å². The number of carbonyl (C=O) groups excluding carboxylic acids is 1. The minimum absolute atomic E-state index is 0.149. The number of aromatic carboxylic acids is 1.